The number of aromatic nitrogens is 5. The van der Waals surface area contributed by atoms with Crippen molar-refractivity contribution in [3.63, 3.8) is 0 Å². The molecule has 1 aliphatic rings. The number of nitrogens with zero attached hydrogens (tertiary/aromatic N) is 6. The number of fused-ring (bicyclic) bond motifs is 1. The molecule has 5 aromatic rings. The fourth-order valence-corrected chi connectivity index (χ4v) is 6.03. The van der Waals surface area contributed by atoms with Gasteiger partial charge in [-0.05, 0) is 61.5 Å². The van der Waals surface area contributed by atoms with E-state index in [-0.39, 0.29) is 11.6 Å². The highest BCUT2D eigenvalue weighted by molar-refractivity contribution is 7.10. The number of ether oxygens (including phenoxy) is 1. The van der Waals surface area contributed by atoms with Crippen LogP contribution in [0.3, 0.4) is 0 Å². The van der Waals surface area contributed by atoms with Crippen molar-refractivity contribution in [3.8, 4) is 22.5 Å². The molecule has 1 saturated heterocycles. The standard InChI is InChI=1S/C30H32N6O3S/c1-19-12-21(15-34(4)29(19)37)20-7-8-24-23(13-20)28(36-9-10-39-17-25(36)26-6-5-11-40-26)33-27(32-24)22-14-31-35(16-22)18-30(2,3)38/h5-8,11-16,25,38H,9-10,17-18H2,1-4H3/t25-/m1/s1. The lowest BCUT2D eigenvalue weighted by molar-refractivity contribution is 0.0577. The van der Waals surface area contributed by atoms with E-state index in [1.54, 1.807) is 47.7 Å². The Hall–Kier alpha value is -3.86. The van der Waals surface area contributed by atoms with Gasteiger partial charge in [0.15, 0.2) is 5.82 Å². The van der Waals surface area contributed by atoms with Gasteiger partial charge in [0.1, 0.15) is 5.82 Å². The number of aryl methyl sites for hydroxylation is 2. The molecule has 206 valence electrons. The predicted molar refractivity (Wildman–Crippen MR) is 158 cm³/mol. The first-order valence-electron chi connectivity index (χ1n) is 13.3. The Morgan fingerprint density at radius 2 is 1.98 bits per heavy atom. The number of pyridine rings is 1. The molecule has 0 aliphatic carbocycles. The predicted octanol–water partition coefficient (Wildman–Crippen LogP) is 4.58. The van der Waals surface area contributed by atoms with Gasteiger partial charge in [-0.25, -0.2) is 9.97 Å². The lowest BCUT2D eigenvalue weighted by Crippen LogP contribution is -2.40. The molecule has 1 aromatic carbocycles. The number of thiophene rings is 1. The van der Waals surface area contributed by atoms with E-state index < -0.39 is 5.60 Å². The molecule has 0 radical (unpaired) electrons. The molecule has 40 heavy (non-hydrogen) atoms. The minimum atomic E-state index is -0.893. The van der Waals surface area contributed by atoms with E-state index in [1.807, 2.05) is 37.5 Å². The molecule has 1 aliphatic heterocycles. The van der Waals surface area contributed by atoms with Gasteiger partial charge in [0.25, 0.3) is 5.56 Å². The third kappa shape index (κ3) is 5.17. The van der Waals surface area contributed by atoms with Crippen LogP contribution in [0, 0.1) is 6.92 Å². The van der Waals surface area contributed by atoms with Gasteiger partial charge in [-0.2, -0.15) is 5.10 Å². The van der Waals surface area contributed by atoms with Crippen molar-refractivity contribution in [1.29, 1.82) is 0 Å². The molecule has 1 N–H and O–H groups in total. The molecule has 5 heterocycles. The molecule has 0 saturated carbocycles. The maximum atomic E-state index is 12.3. The third-order valence-corrected chi connectivity index (χ3v) is 8.06. The van der Waals surface area contributed by atoms with E-state index in [9.17, 15) is 9.90 Å². The van der Waals surface area contributed by atoms with Crippen LogP contribution in [0.25, 0.3) is 33.4 Å². The number of benzene rings is 1. The summed E-state index contributed by atoms with van der Waals surface area (Å²) in [6, 6.07) is 12.3. The van der Waals surface area contributed by atoms with Gasteiger partial charge in [0.2, 0.25) is 0 Å². The van der Waals surface area contributed by atoms with Crippen molar-refractivity contribution in [3.05, 3.63) is 81.2 Å². The fourth-order valence-electron chi connectivity index (χ4n) is 5.21. The Morgan fingerprint density at radius 3 is 2.73 bits per heavy atom. The molecular formula is C30H32N6O3S. The van der Waals surface area contributed by atoms with Crippen LogP contribution in [0.5, 0.6) is 0 Å². The quantitative estimate of drug-likeness (QED) is 0.327. The Labute approximate surface area is 236 Å². The smallest absolute Gasteiger partial charge is 0.253 e. The summed E-state index contributed by atoms with van der Waals surface area (Å²) in [5.41, 5.74) is 3.35. The Morgan fingerprint density at radius 1 is 1.12 bits per heavy atom. The van der Waals surface area contributed by atoms with Gasteiger partial charge >= 0.3 is 0 Å². The molecular weight excluding hydrogens is 524 g/mol. The highest BCUT2D eigenvalue weighted by Crippen LogP contribution is 2.37. The molecule has 1 fully saturated rings. The van der Waals surface area contributed by atoms with Crippen LogP contribution in [-0.4, -0.2) is 54.8 Å². The first-order chi connectivity index (χ1) is 19.2. The summed E-state index contributed by atoms with van der Waals surface area (Å²) in [4.78, 5) is 26.0. The molecule has 1 atom stereocenters. The van der Waals surface area contributed by atoms with Crippen molar-refractivity contribution in [1.82, 2.24) is 24.3 Å². The van der Waals surface area contributed by atoms with Gasteiger partial charge in [0, 0.05) is 41.8 Å². The monoisotopic (exact) mass is 556 g/mol. The number of rotatable bonds is 6. The van der Waals surface area contributed by atoms with E-state index in [2.05, 4.69) is 33.6 Å². The van der Waals surface area contributed by atoms with Crippen molar-refractivity contribution in [2.24, 2.45) is 7.05 Å². The third-order valence-electron chi connectivity index (χ3n) is 7.08. The summed E-state index contributed by atoms with van der Waals surface area (Å²) in [6.45, 7) is 7.58. The van der Waals surface area contributed by atoms with Gasteiger partial charge in [-0.15, -0.1) is 11.3 Å². The second kappa shape index (κ2) is 10.3. The second-order valence-corrected chi connectivity index (χ2v) is 11.9. The molecule has 10 heteroatoms. The molecule has 4 aromatic heterocycles. The maximum Gasteiger partial charge on any atom is 0.253 e. The van der Waals surface area contributed by atoms with Gasteiger partial charge < -0.3 is 19.3 Å². The second-order valence-electron chi connectivity index (χ2n) is 11.0. The molecule has 0 amide bonds. The van der Waals surface area contributed by atoms with Crippen molar-refractivity contribution in [2.45, 2.75) is 39.0 Å². The highest BCUT2D eigenvalue weighted by Gasteiger charge is 2.29. The summed E-state index contributed by atoms with van der Waals surface area (Å²) < 4.78 is 9.26. The van der Waals surface area contributed by atoms with E-state index >= 15 is 0 Å². The number of hydrogen-bond acceptors (Lipinski definition) is 8. The van der Waals surface area contributed by atoms with Crippen LogP contribution < -0.4 is 10.5 Å². The highest BCUT2D eigenvalue weighted by atomic mass is 32.1. The first-order valence-corrected chi connectivity index (χ1v) is 14.2. The first kappa shape index (κ1) is 26.4. The van der Waals surface area contributed by atoms with Crippen LogP contribution in [0.1, 0.15) is 30.3 Å². The minimum Gasteiger partial charge on any atom is -0.389 e. The summed E-state index contributed by atoms with van der Waals surface area (Å²) >= 11 is 1.71. The number of hydrogen-bond donors (Lipinski definition) is 1. The zero-order valence-corrected chi connectivity index (χ0v) is 23.9. The van der Waals surface area contributed by atoms with Gasteiger partial charge in [0.05, 0.1) is 48.7 Å². The number of morpholine rings is 1. The van der Waals surface area contributed by atoms with Crippen LogP contribution in [0.4, 0.5) is 5.82 Å². The average molecular weight is 557 g/mol. The summed E-state index contributed by atoms with van der Waals surface area (Å²) in [6.07, 6.45) is 5.49. The summed E-state index contributed by atoms with van der Waals surface area (Å²) in [5, 5.41) is 17.7. The molecule has 0 bridgehead atoms. The van der Waals surface area contributed by atoms with Crippen molar-refractivity contribution < 1.29 is 9.84 Å². The van der Waals surface area contributed by atoms with Gasteiger partial charge in [-0.3, -0.25) is 9.48 Å². The van der Waals surface area contributed by atoms with E-state index in [4.69, 9.17) is 14.7 Å². The van der Waals surface area contributed by atoms with E-state index in [0.717, 1.165) is 33.4 Å². The zero-order valence-electron chi connectivity index (χ0n) is 23.0. The fraction of sp³-hybridized carbons (Fsp3) is 0.333. The maximum absolute atomic E-state index is 12.3. The Bertz CT molecular complexity index is 1710. The largest absolute Gasteiger partial charge is 0.389 e. The number of aliphatic hydroxyl groups is 1. The SMILES string of the molecule is Cc1cc(-c2ccc3nc(-c4cnn(CC(C)(C)O)c4)nc(N4CCOC[C@@H]4c4cccs4)c3c2)cn(C)c1=O. The summed E-state index contributed by atoms with van der Waals surface area (Å²) in [5.74, 6) is 1.41. The van der Waals surface area contributed by atoms with Crippen LogP contribution in [0.2, 0.25) is 0 Å². The van der Waals surface area contributed by atoms with Crippen molar-refractivity contribution >= 4 is 28.1 Å². The Kier molecular flexibility index (Phi) is 6.77. The minimum absolute atomic E-state index is 0.00422. The molecule has 0 unspecified atom stereocenters. The topological polar surface area (TPSA) is 98.3 Å². The Balaban J connectivity index is 1.52. The van der Waals surface area contributed by atoms with Crippen LogP contribution >= 0.6 is 11.3 Å². The summed E-state index contributed by atoms with van der Waals surface area (Å²) in [7, 11) is 1.78. The van der Waals surface area contributed by atoms with E-state index in [1.165, 1.54) is 4.88 Å². The number of anilines is 1. The lowest BCUT2D eigenvalue weighted by Gasteiger charge is -2.36. The van der Waals surface area contributed by atoms with Crippen molar-refractivity contribution in [2.75, 3.05) is 24.7 Å². The lowest BCUT2D eigenvalue weighted by atomic mass is 10.0. The average Bonchev–Trinajstić information content (AvgIpc) is 3.62. The van der Waals surface area contributed by atoms with Crippen LogP contribution in [0.15, 0.2) is 65.2 Å². The normalized spacial score (nSPS) is 16.1. The van der Waals surface area contributed by atoms with E-state index in [0.29, 0.717) is 37.7 Å². The molecule has 6 rings (SSSR count). The zero-order chi connectivity index (χ0) is 28.0. The molecule has 9 nitrogen and oxygen atoms in total. The molecule has 0 spiro atoms. The van der Waals surface area contributed by atoms with Crippen LogP contribution in [-0.2, 0) is 18.3 Å². The van der Waals surface area contributed by atoms with Gasteiger partial charge in [-0.1, -0.05) is 12.1 Å².